The standard InChI is InChI=1S/C12H17N3O/c1-3-6-11(4-2)14-12(16)7-10-15-9-5-8-13-15/h2,5,8-9,11H,3,6-7,10H2,1H3,(H,14,16). The Morgan fingerprint density at radius 2 is 2.50 bits per heavy atom. The summed E-state index contributed by atoms with van der Waals surface area (Å²) in [6.07, 6.45) is 11.0. The normalized spacial score (nSPS) is 11.8. The lowest BCUT2D eigenvalue weighted by atomic mass is 10.2. The fourth-order valence-electron chi connectivity index (χ4n) is 1.40. The van der Waals surface area contributed by atoms with Gasteiger partial charge in [-0.25, -0.2) is 0 Å². The highest BCUT2D eigenvalue weighted by Gasteiger charge is 2.08. The molecule has 1 aromatic rings. The third-order valence-electron chi connectivity index (χ3n) is 2.24. The number of terminal acetylenes is 1. The van der Waals surface area contributed by atoms with Gasteiger partial charge in [-0.15, -0.1) is 6.42 Å². The van der Waals surface area contributed by atoms with Gasteiger partial charge in [-0.1, -0.05) is 19.3 Å². The van der Waals surface area contributed by atoms with Gasteiger partial charge in [-0.05, 0) is 12.5 Å². The summed E-state index contributed by atoms with van der Waals surface area (Å²) in [5.41, 5.74) is 0. The molecule has 86 valence electrons. The Morgan fingerprint density at radius 1 is 1.69 bits per heavy atom. The number of hydrogen-bond acceptors (Lipinski definition) is 2. The van der Waals surface area contributed by atoms with Crippen LogP contribution in [-0.4, -0.2) is 21.7 Å². The number of carbonyl (C=O) groups is 1. The van der Waals surface area contributed by atoms with Gasteiger partial charge in [0.25, 0.3) is 0 Å². The average Bonchev–Trinajstić information content (AvgIpc) is 2.78. The molecular formula is C12H17N3O. The first-order valence-corrected chi connectivity index (χ1v) is 5.49. The molecule has 0 radical (unpaired) electrons. The van der Waals surface area contributed by atoms with Crippen molar-refractivity contribution in [1.82, 2.24) is 15.1 Å². The predicted molar refractivity (Wildman–Crippen MR) is 62.5 cm³/mol. The molecule has 1 heterocycles. The Hall–Kier alpha value is -1.76. The van der Waals surface area contributed by atoms with Gasteiger partial charge in [0.15, 0.2) is 0 Å². The summed E-state index contributed by atoms with van der Waals surface area (Å²) in [5, 5.41) is 6.83. The maximum atomic E-state index is 11.5. The largest absolute Gasteiger partial charge is 0.342 e. The molecule has 4 nitrogen and oxygen atoms in total. The highest BCUT2D eigenvalue weighted by atomic mass is 16.1. The summed E-state index contributed by atoms with van der Waals surface area (Å²) in [5.74, 6) is 2.55. The molecule has 4 heteroatoms. The van der Waals surface area contributed by atoms with E-state index >= 15 is 0 Å². The lowest BCUT2D eigenvalue weighted by molar-refractivity contribution is -0.121. The van der Waals surface area contributed by atoms with Crippen LogP contribution in [0.3, 0.4) is 0 Å². The van der Waals surface area contributed by atoms with Crippen molar-refractivity contribution in [2.45, 2.75) is 38.8 Å². The van der Waals surface area contributed by atoms with E-state index in [9.17, 15) is 4.79 Å². The van der Waals surface area contributed by atoms with Crippen LogP contribution in [0.1, 0.15) is 26.2 Å². The molecule has 1 amide bonds. The van der Waals surface area contributed by atoms with Gasteiger partial charge >= 0.3 is 0 Å². The van der Waals surface area contributed by atoms with E-state index in [1.165, 1.54) is 0 Å². The van der Waals surface area contributed by atoms with Crippen molar-refractivity contribution >= 4 is 5.91 Å². The van der Waals surface area contributed by atoms with Crippen molar-refractivity contribution in [2.75, 3.05) is 0 Å². The quantitative estimate of drug-likeness (QED) is 0.731. The van der Waals surface area contributed by atoms with E-state index in [-0.39, 0.29) is 11.9 Å². The summed E-state index contributed by atoms with van der Waals surface area (Å²) in [6.45, 7) is 2.63. The molecule has 16 heavy (non-hydrogen) atoms. The Balaban J connectivity index is 2.27. The van der Waals surface area contributed by atoms with E-state index < -0.39 is 0 Å². The molecule has 0 aliphatic heterocycles. The first-order chi connectivity index (χ1) is 7.76. The molecule has 1 N–H and O–H groups in total. The van der Waals surface area contributed by atoms with Crippen molar-refractivity contribution in [3.63, 3.8) is 0 Å². The summed E-state index contributed by atoms with van der Waals surface area (Å²) >= 11 is 0. The smallest absolute Gasteiger partial charge is 0.222 e. The Morgan fingerprint density at radius 3 is 3.06 bits per heavy atom. The summed E-state index contributed by atoms with van der Waals surface area (Å²) < 4.78 is 1.73. The Labute approximate surface area is 96.0 Å². The minimum absolute atomic E-state index is 0.0214. The number of nitrogens with one attached hydrogen (secondary N) is 1. The molecule has 1 unspecified atom stereocenters. The van der Waals surface area contributed by atoms with E-state index in [1.807, 2.05) is 19.2 Å². The number of aromatic nitrogens is 2. The lowest BCUT2D eigenvalue weighted by Crippen LogP contribution is -2.34. The molecule has 1 aromatic heterocycles. The zero-order valence-electron chi connectivity index (χ0n) is 9.52. The summed E-state index contributed by atoms with van der Waals surface area (Å²) in [4.78, 5) is 11.5. The first kappa shape index (κ1) is 12.3. The third kappa shape index (κ3) is 4.18. The van der Waals surface area contributed by atoms with Crippen molar-refractivity contribution in [1.29, 1.82) is 0 Å². The predicted octanol–water partition coefficient (Wildman–Crippen LogP) is 1.19. The zero-order valence-corrected chi connectivity index (χ0v) is 9.52. The minimum atomic E-state index is -0.143. The van der Waals surface area contributed by atoms with E-state index in [0.717, 1.165) is 12.8 Å². The van der Waals surface area contributed by atoms with E-state index in [2.05, 4.69) is 16.3 Å². The first-order valence-electron chi connectivity index (χ1n) is 5.49. The number of carbonyl (C=O) groups excluding carboxylic acids is 1. The van der Waals surface area contributed by atoms with Crippen LogP contribution in [0.15, 0.2) is 18.5 Å². The number of hydrogen-bond donors (Lipinski definition) is 1. The Bertz CT molecular complexity index is 351. The van der Waals surface area contributed by atoms with E-state index in [0.29, 0.717) is 13.0 Å². The summed E-state index contributed by atoms with van der Waals surface area (Å²) in [7, 11) is 0. The van der Waals surface area contributed by atoms with Crippen molar-refractivity contribution < 1.29 is 4.79 Å². The number of nitrogens with zero attached hydrogens (tertiary/aromatic N) is 2. The number of aryl methyl sites for hydroxylation is 1. The van der Waals surface area contributed by atoms with Crippen LogP contribution < -0.4 is 5.32 Å². The fraction of sp³-hybridized carbons (Fsp3) is 0.500. The van der Waals surface area contributed by atoms with Crippen LogP contribution in [-0.2, 0) is 11.3 Å². The third-order valence-corrected chi connectivity index (χ3v) is 2.24. The van der Waals surface area contributed by atoms with Gasteiger partial charge in [-0.3, -0.25) is 9.48 Å². The number of rotatable bonds is 6. The van der Waals surface area contributed by atoms with Crippen LogP contribution in [0.2, 0.25) is 0 Å². The molecule has 0 aliphatic rings. The van der Waals surface area contributed by atoms with Crippen LogP contribution in [0.5, 0.6) is 0 Å². The fourth-order valence-corrected chi connectivity index (χ4v) is 1.40. The molecule has 0 fully saturated rings. The second kappa shape index (κ2) is 6.67. The molecule has 0 aliphatic carbocycles. The molecular weight excluding hydrogens is 202 g/mol. The van der Waals surface area contributed by atoms with Crippen LogP contribution >= 0.6 is 0 Å². The van der Waals surface area contributed by atoms with Gasteiger partial charge in [0.05, 0.1) is 6.04 Å². The van der Waals surface area contributed by atoms with Gasteiger partial charge in [0.1, 0.15) is 0 Å². The van der Waals surface area contributed by atoms with Gasteiger partial charge in [0.2, 0.25) is 5.91 Å². The minimum Gasteiger partial charge on any atom is -0.342 e. The van der Waals surface area contributed by atoms with Gasteiger partial charge in [0, 0.05) is 25.4 Å². The highest BCUT2D eigenvalue weighted by molar-refractivity contribution is 5.76. The highest BCUT2D eigenvalue weighted by Crippen LogP contribution is 1.96. The van der Waals surface area contributed by atoms with Crippen LogP contribution in [0.25, 0.3) is 0 Å². The monoisotopic (exact) mass is 219 g/mol. The van der Waals surface area contributed by atoms with Crippen molar-refractivity contribution in [2.24, 2.45) is 0 Å². The molecule has 0 aromatic carbocycles. The van der Waals surface area contributed by atoms with Crippen LogP contribution in [0.4, 0.5) is 0 Å². The zero-order chi connectivity index (χ0) is 11.8. The van der Waals surface area contributed by atoms with Crippen LogP contribution in [0, 0.1) is 12.3 Å². The van der Waals surface area contributed by atoms with E-state index in [1.54, 1.807) is 10.9 Å². The summed E-state index contributed by atoms with van der Waals surface area (Å²) in [6, 6.07) is 1.69. The maximum Gasteiger partial charge on any atom is 0.222 e. The average molecular weight is 219 g/mol. The topological polar surface area (TPSA) is 46.9 Å². The molecule has 1 atom stereocenters. The lowest BCUT2D eigenvalue weighted by Gasteiger charge is -2.11. The number of amides is 1. The molecule has 0 saturated carbocycles. The maximum absolute atomic E-state index is 11.5. The Kier molecular flexibility index (Phi) is 5.13. The second-order valence-electron chi connectivity index (χ2n) is 3.59. The molecule has 0 bridgehead atoms. The van der Waals surface area contributed by atoms with Crippen molar-refractivity contribution in [3.8, 4) is 12.3 Å². The van der Waals surface area contributed by atoms with Crippen molar-refractivity contribution in [3.05, 3.63) is 18.5 Å². The molecule has 1 rings (SSSR count). The molecule has 0 spiro atoms. The SMILES string of the molecule is C#CC(CCC)NC(=O)CCn1cccn1. The van der Waals surface area contributed by atoms with E-state index in [4.69, 9.17) is 6.42 Å². The van der Waals surface area contributed by atoms with Gasteiger partial charge < -0.3 is 5.32 Å². The second-order valence-corrected chi connectivity index (χ2v) is 3.59. The van der Waals surface area contributed by atoms with Gasteiger partial charge in [-0.2, -0.15) is 5.10 Å². The molecule has 0 saturated heterocycles.